The fraction of sp³-hybridized carbons (Fsp3) is 0. The summed E-state index contributed by atoms with van der Waals surface area (Å²) in [6, 6.07) is 9.63. The largest absolute Gasteiger partial charge is 0.324 e. The molecule has 2 rings (SSSR count). The van der Waals surface area contributed by atoms with Gasteiger partial charge in [0.2, 0.25) is 0 Å². The van der Waals surface area contributed by atoms with E-state index >= 15 is 0 Å². The lowest BCUT2D eigenvalue weighted by molar-refractivity contribution is 0.102. The molecule has 0 saturated carbocycles. The summed E-state index contributed by atoms with van der Waals surface area (Å²) >= 11 is 17.8. The fourth-order valence-corrected chi connectivity index (χ4v) is 2.48. The molecule has 2 aromatic rings. The van der Waals surface area contributed by atoms with E-state index in [9.17, 15) is 4.79 Å². The number of rotatable bonds is 3. The molecule has 0 aliphatic rings. The second-order valence-corrected chi connectivity index (χ2v) is 5.17. The number of hydrogen-bond donors (Lipinski definition) is 3. The first-order valence-corrected chi connectivity index (χ1v) is 6.67. The van der Waals surface area contributed by atoms with E-state index in [0.29, 0.717) is 22.0 Å². The van der Waals surface area contributed by atoms with Crippen molar-refractivity contribution in [2.45, 2.75) is 0 Å². The highest BCUT2D eigenvalue weighted by Crippen LogP contribution is 2.33. The Kier molecular flexibility index (Phi) is 4.73. The average Bonchev–Trinajstić information content (AvgIpc) is 2.42. The van der Waals surface area contributed by atoms with Crippen LogP contribution in [0.3, 0.4) is 0 Å². The minimum Gasteiger partial charge on any atom is -0.324 e. The Bertz CT molecular complexity index is 621. The molecule has 0 atom stereocenters. The minimum absolute atomic E-state index is 0.274. The van der Waals surface area contributed by atoms with Gasteiger partial charge in [0.25, 0.3) is 5.91 Å². The van der Waals surface area contributed by atoms with Crippen LogP contribution in [0.1, 0.15) is 10.4 Å². The lowest BCUT2D eigenvalue weighted by Gasteiger charge is -2.10. The summed E-state index contributed by atoms with van der Waals surface area (Å²) in [4.78, 5) is 12.1. The summed E-state index contributed by atoms with van der Waals surface area (Å²) < 4.78 is 0. The third kappa shape index (κ3) is 3.35. The summed E-state index contributed by atoms with van der Waals surface area (Å²) in [5, 5.41) is 3.59. The molecule has 7 heteroatoms. The highest BCUT2D eigenvalue weighted by Gasteiger charge is 2.12. The molecule has 0 aromatic heterocycles. The number of carbonyl (C=O) groups excluding carboxylic acids is 1. The number of nitrogen functional groups attached to an aromatic ring is 1. The molecule has 0 radical (unpaired) electrons. The molecular weight excluding hydrogens is 321 g/mol. The lowest BCUT2D eigenvalue weighted by Crippen LogP contribution is -2.13. The Hall–Kier alpha value is -1.46. The van der Waals surface area contributed by atoms with Gasteiger partial charge in [-0.3, -0.25) is 10.6 Å². The zero-order chi connectivity index (χ0) is 14.7. The molecule has 0 bridgehead atoms. The molecule has 4 nitrogen and oxygen atoms in total. The van der Waals surface area contributed by atoms with Crippen LogP contribution >= 0.6 is 34.8 Å². The number of benzene rings is 2. The monoisotopic (exact) mass is 329 g/mol. The number of carbonyl (C=O) groups is 1. The Balaban J connectivity index is 2.23. The van der Waals surface area contributed by atoms with Crippen molar-refractivity contribution in [3.63, 3.8) is 0 Å². The predicted molar refractivity (Wildman–Crippen MR) is 83.7 cm³/mol. The summed E-state index contributed by atoms with van der Waals surface area (Å²) in [5.74, 6) is 4.92. The van der Waals surface area contributed by atoms with E-state index in [1.54, 1.807) is 24.3 Å². The van der Waals surface area contributed by atoms with Gasteiger partial charge < -0.3 is 10.7 Å². The van der Waals surface area contributed by atoms with Crippen molar-refractivity contribution in [1.82, 2.24) is 0 Å². The van der Waals surface area contributed by atoms with E-state index in [-0.39, 0.29) is 16.0 Å². The fourth-order valence-electron chi connectivity index (χ4n) is 1.57. The zero-order valence-corrected chi connectivity index (χ0v) is 12.4. The second-order valence-electron chi connectivity index (χ2n) is 3.92. The molecule has 0 saturated heterocycles. The molecule has 0 aliphatic heterocycles. The van der Waals surface area contributed by atoms with Gasteiger partial charge in [0.15, 0.2) is 0 Å². The van der Waals surface area contributed by atoms with Gasteiger partial charge in [-0.25, -0.2) is 0 Å². The van der Waals surface area contributed by atoms with E-state index in [1.165, 1.54) is 12.1 Å². The number of nitrogens with two attached hydrogens (primary N) is 1. The summed E-state index contributed by atoms with van der Waals surface area (Å²) in [6.07, 6.45) is 0. The molecule has 0 heterocycles. The van der Waals surface area contributed by atoms with Crippen LogP contribution in [0.2, 0.25) is 15.1 Å². The Morgan fingerprint density at radius 3 is 2.05 bits per heavy atom. The van der Waals surface area contributed by atoms with Crippen molar-refractivity contribution in [3.05, 3.63) is 57.0 Å². The maximum Gasteiger partial charge on any atom is 0.255 e. The smallest absolute Gasteiger partial charge is 0.255 e. The first kappa shape index (κ1) is 14.9. The van der Waals surface area contributed by atoms with Crippen molar-refractivity contribution < 1.29 is 4.79 Å². The van der Waals surface area contributed by atoms with E-state index in [4.69, 9.17) is 40.6 Å². The molecule has 0 spiro atoms. The van der Waals surface area contributed by atoms with Gasteiger partial charge in [-0.2, -0.15) is 0 Å². The zero-order valence-electron chi connectivity index (χ0n) is 10.1. The molecule has 0 fully saturated rings. The number of hydrogen-bond acceptors (Lipinski definition) is 3. The molecule has 1 amide bonds. The van der Waals surface area contributed by atoms with Crippen LogP contribution in [-0.2, 0) is 0 Å². The van der Waals surface area contributed by atoms with Crippen LogP contribution in [0, 0.1) is 0 Å². The van der Waals surface area contributed by atoms with Gasteiger partial charge in [0, 0.05) is 16.3 Å². The van der Waals surface area contributed by atoms with Crippen LogP contribution in [0.5, 0.6) is 0 Å². The lowest BCUT2D eigenvalue weighted by atomic mass is 10.2. The van der Waals surface area contributed by atoms with Crippen molar-refractivity contribution in [2.75, 3.05) is 10.7 Å². The number of anilines is 2. The van der Waals surface area contributed by atoms with Gasteiger partial charge in [0.05, 0.1) is 15.7 Å². The van der Waals surface area contributed by atoms with Gasteiger partial charge in [-0.05, 0) is 36.4 Å². The van der Waals surface area contributed by atoms with Gasteiger partial charge in [-0.1, -0.05) is 34.8 Å². The van der Waals surface area contributed by atoms with Crippen LogP contribution in [0.15, 0.2) is 36.4 Å². The predicted octanol–water partition coefficient (Wildman–Crippen LogP) is 4.18. The maximum atomic E-state index is 12.1. The molecule has 2 aromatic carbocycles. The maximum absolute atomic E-state index is 12.1. The van der Waals surface area contributed by atoms with Gasteiger partial charge in [0.1, 0.15) is 0 Å². The normalized spacial score (nSPS) is 10.2. The van der Waals surface area contributed by atoms with Crippen molar-refractivity contribution in [2.24, 2.45) is 5.84 Å². The topological polar surface area (TPSA) is 67.1 Å². The van der Waals surface area contributed by atoms with E-state index in [0.717, 1.165) is 0 Å². The van der Waals surface area contributed by atoms with Crippen molar-refractivity contribution in [3.8, 4) is 0 Å². The number of nitrogens with one attached hydrogen (secondary N) is 2. The quantitative estimate of drug-likeness (QED) is 0.584. The molecule has 20 heavy (non-hydrogen) atoms. The van der Waals surface area contributed by atoms with Gasteiger partial charge >= 0.3 is 0 Å². The summed E-state index contributed by atoms with van der Waals surface area (Å²) in [5.41, 5.74) is 3.95. The van der Waals surface area contributed by atoms with E-state index < -0.39 is 0 Å². The van der Waals surface area contributed by atoms with Crippen molar-refractivity contribution in [1.29, 1.82) is 0 Å². The van der Waals surface area contributed by atoms with Gasteiger partial charge in [-0.15, -0.1) is 0 Å². The number of amides is 1. The van der Waals surface area contributed by atoms with Crippen LogP contribution in [0.25, 0.3) is 0 Å². The molecule has 0 aliphatic carbocycles. The molecular formula is C13H10Cl3N3O. The molecule has 4 N–H and O–H groups in total. The minimum atomic E-state index is -0.334. The highest BCUT2D eigenvalue weighted by atomic mass is 35.5. The van der Waals surface area contributed by atoms with Crippen LogP contribution in [-0.4, -0.2) is 5.91 Å². The second kappa shape index (κ2) is 6.33. The Labute approximate surface area is 130 Å². The van der Waals surface area contributed by atoms with E-state index in [2.05, 4.69) is 10.7 Å². The van der Waals surface area contributed by atoms with E-state index in [1.807, 2.05) is 0 Å². The summed E-state index contributed by atoms with van der Waals surface area (Å²) in [7, 11) is 0. The van der Waals surface area contributed by atoms with Crippen molar-refractivity contribution >= 4 is 52.1 Å². The third-order valence-electron chi connectivity index (χ3n) is 2.56. The molecule has 0 unspecified atom stereocenters. The Morgan fingerprint density at radius 2 is 1.55 bits per heavy atom. The Morgan fingerprint density at radius 1 is 1.00 bits per heavy atom. The number of halogens is 3. The van der Waals surface area contributed by atoms with Crippen LogP contribution < -0.4 is 16.6 Å². The third-order valence-corrected chi connectivity index (χ3v) is 3.37. The highest BCUT2D eigenvalue weighted by molar-refractivity contribution is 6.42. The first-order chi connectivity index (χ1) is 9.51. The standard InChI is InChI=1S/C13H10Cl3N3O/c14-8-5-10(15)12(11(16)6-8)18-13(20)7-1-3-9(19-17)4-2-7/h1-6,19H,17H2,(H,18,20). The SMILES string of the molecule is NNc1ccc(C(=O)Nc2c(Cl)cc(Cl)cc2Cl)cc1. The van der Waals surface area contributed by atoms with Crippen LogP contribution in [0.4, 0.5) is 11.4 Å². The first-order valence-electron chi connectivity index (χ1n) is 5.54. The number of hydrazine groups is 1. The molecule has 104 valence electrons. The summed E-state index contributed by atoms with van der Waals surface area (Å²) in [6.45, 7) is 0. The average molecular weight is 331 g/mol.